The highest BCUT2D eigenvalue weighted by atomic mass is 35.5. The van der Waals surface area contributed by atoms with Gasteiger partial charge in [-0.25, -0.2) is 4.98 Å². The molecule has 4 rings (SSSR count). The van der Waals surface area contributed by atoms with Crippen LogP contribution in [0.5, 0.6) is 11.5 Å². The second kappa shape index (κ2) is 7.47. The van der Waals surface area contributed by atoms with Gasteiger partial charge in [0.2, 0.25) is 5.82 Å². The Balaban J connectivity index is 1.52. The quantitative estimate of drug-likeness (QED) is 0.584. The summed E-state index contributed by atoms with van der Waals surface area (Å²) in [6, 6.07) is 9.22. The first-order chi connectivity index (χ1) is 13.8. The highest BCUT2D eigenvalue weighted by Gasteiger charge is 2.38. The lowest BCUT2D eigenvalue weighted by molar-refractivity contribution is -0.151. The third-order valence-electron chi connectivity index (χ3n) is 4.25. The highest BCUT2D eigenvalue weighted by molar-refractivity contribution is 6.32. The molecule has 10 heteroatoms. The van der Waals surface area contributed by atoms with Crippen LogP contribution in [0.4, 0.5) is 13.2 Å². The van der Waals surface area contributed by atoms with Crippen LogP contribution in [0, 0.1) is 0 Å². The lowest BCUT2D eigenvalue weighted by atomic mass is 10.2. The standard InChI is InChI=1S/C19H14ClF3N2O4/c20-12-7-11(8-15-17(12)28-6-5-27-15)10-29-16(26)9-25-14-4-2-1-3-13(14)24-18(25)19(21,22)23/h1-4,7-8H,5-6,9-10H2. The zero-order valence-corrected chi connectivity index (χ0v) is 15.6. The molecule has 1 aromatic heterocycles. The maximum absolute atomic E-state index is 13.3. The summed E-state index contributed by atoms with van der Waals surface area (Å²) in [7, 11) is 0. The van der Waals surface area contributed by atoms with Crippen molar-refractivity contribution in [1.29, 1.82) is 0 Å². The van der Waals surface area contributed by atoms with Crippen molar-refractivity contribution in [1.82, 2.24) is 9.55 Å². The second-order valence-electron chi connectivity index (χ2n) is 6.27. The van der Waals surface area contributed by atoms with Gasteiger partial charge in [0, 0.05) is 0 Å². The van der Waals surface area contributed by atoms with Crippen molar-refractivity contribution in [3.8, 4) is 11.5 Å². The summed E-state index contributed by atoms with van der Waals surface area (Å²) in [5.74, 6) is -1.16. The zero-order valence-electron chi connectivity index (χ0n) is 14.8. The third kappa shape index (κ3) is 3.95. The molecular weight excluding hydrogens is 413 g/mol. The number of hydrogen-bond acceptors (Lipinski definition) is 5. The summed E-state index contributed by atoms with van der Waals surface area (Å²) >= 11 is 6.13. The van der Waals surface area contributed by atoms with Gasteiger partial charge in [0.1, 0.15) is 26.4 Å². The van der Waals surface area contributed by atoms with Crippen LogP contribution in [0.15, 0.2) is 36.4 Å². The number of halogens is 4. The van der Waals surface area contributed by atoms with Crippen LogP contribution in [0.25, 0.3) is 11.0 Å². The molecule has 6 nitrogen and oxygen atoms in total. The number of imidazole rings is 1. The Morgan fingerprint density at radius 2 is 1.97 bits per heavy atom. The number of carbonyl (C=O) groups is 1. The molecule has 0 saturated carbocycles. The van der Waals surface area contributed by atoms with E-state index in [2.05, 4.69) is 4.98 Å². The van der Waals surface area contributed by atoms with Crippen LogP contribution in [0.2, 0.25) is 5.02 Å². The molecule has 0 saturated heterocycles. The maximum atomic E-state index is 13.3. The first-order valence-corrected chi connectivity index (χ1v) is 8.97. The van der Waals surface area contributed by atoms with Gasteiger partial charge in [-0.15, -0.1) is 0 Å². The van der Waals surface area contributed by atoms with E-state index in [0.29, 0.717) is 35.3 Å². The minimum Gasteiger partial charge on any atom is -0.486 e. The maximum Gasteiger partial charge on any atom is 0.449 e. The van der Waals surface area contributed by atoms with E-state index in [1.54, 1.807) is 24.3 Å². The number of benzene rings is 2. The molecule has 0 spiro atoms. The zero-order chi connectivity index (χ0) is 20.6. The van der Waals surface area contributed by atoms with Crippen LogP contribution in [-0.2, 0) is 28.9 Å². The Hall–Kier alpha value is -2.94. The molecule has 0 atom stereocenters. The summed E-state index contributed by atoms with van der Waals surface area (Å²) in [6.45, 7) is -0.0707. The van der Waals surface area contributed by atoms with Crippen LogP contribution in [0.3, 0.4) is 0 Å². The van der Waals surface area contributed by atoms with E-state index in [0.717, 1.165) is 4.57 Å². The number of hydrogen-bond donors (Lipinski definition) is 0. The first-order valence-electron chi connectivity index (χ1n) is 8.59. The number of alkyl halides is 3. The first kappa shape index (κ1) is 19.4. The monoisotopic (exact) mass is 426 g/mol. The smallest absolute Gasteiger partial charge is 0.449 e. The number of rotatable bonds is 4. The van der Waals surface area contributed by atoms with Crippen molar-refractivity contribution >= 4 is 28.6 Å². The van der Waals surface area contributed by atoms with Crippen molar-refractivity contribution < 1.29 is 32.2 Å². The molecule has 0 unspecified atom stereocenters. The van der Waals surface area contributed by atoms with E-state index in [4.69, 9.17) is 25.8 Å². The largest absolute Gasteiger partial charge is 0.486 e. The molecule has 0 bridgehead atoms. The molecule has 1 aliphatic heterocycles. The molecule has 3 aromatic rings. The van der Waals surface area contributed by atoms with Gasteiger partial charge in [0.05, 0.1) is 16.1 Å². The topological polar surface area (TPSA) is 62.6 Å². The molecule has 0 N–H and O–H groups in total. The average molecular weight is 427 g/mol. The lowest BCUT2D eigenvalue weighted by Crippen LogP contribution is -2.20. The molecule has 0 amide bonds. The fraction of sp³-hybridized carbons (Fsp3) is 0.263. The molecule has 29 heavy (non-hydrogen) atoms. The molecular formula is C19H14ClF3N2O4. The number of aromatic nitrogens is 2. The van der Waals surface area contributed by atoms with Crippen molar-refractivity contribution in [2.45, 2.75) is 19.3 Å². The minimum absolute atomic E-state index is 0.145. The molecule has 2 aromatic carbocycles. The van der Waals surface area contributed by atoms with Gasteiger partial charge in [0.15, 0.2) is 11.5 Å². The number of nitrogens with zero attached hydrogens (tertiary/aromatic N) is 2. The van der Waals surface area contributed by atoms with Gasteiger partial charge in [-0.05, 0) is 29.8 Å². The summed E-state index contributed by atoms with van der Waals surface area (Å²) < 4.78 is 56.8. The fourth-order valence-electron chi connectivity index (χ4n) is 3.04. The van der Waals surface area contributed by atoms with Gasteiger partial charge in [-0.2, -0.15) is 13.2 Å². The van der Waals surface area contributed by atoms with Gasteiger partial charge < -0.3 is 18.8 Å². The SMILES string of the molecule is O=C(Cn1c(C(F)(F)F)nc2ccccc21)OCc1cc(Cl)c2c(c1)OCCO2. The summed E-state index contributed by atoms with van der Waals surface area (Å²) in [6.07, 6.45) is -4.71. The molecule has 0 radical (unpaired) electrons. The van der Waals surface area contributed by atoms with Crippen LogP contribution in [-0.4, -0.2) is 28.7 Å². The van der Waals surface area contributed by atoms with Crippen LogP contribution < -0.4 is 9.47 Å². The summed E-state index contributed by atoms with van der Waals surface area (Å²) in [4.78, 5) is 15.9. The molecule has 1 aliphatic rings. The molecule has 2 heterocycles. The van der Waals surface area contributed by atoms with Gasteiger partial charge in [0.25, 0.3) is 0 Å². The Kier molecular flexibility index (Phi) is 4.99. The lowest BCUT2D eigenvalue weighted by Gasteiger charge is -2.20. The predicted molar refractivity (Wildman–Crippen MR) is 97.0 cm³/mol. The van der Waals surface area contributed by atoms with Gasteiger partial charge in [-0.1, -0.05) is 23.7 Å². The number of ether oxygens (including phenoxy) is 3. The van der Waals surface area contributed by atoms with Crippen molar-refractivity contribution in [3.63, 3.8) is 0 Å². The van der Waals surface area contributed by atoms with Gasteiger partial charge >= 0.3 is 12.1 Å². The van der Waals surface area contributed by atoms with E-state index < -0.39 is 24.5 Å². The Labute approximate surface area is 167 Å². The van der Waals surface area contributed by atoms with Crippen molar-refractivity contribution in [2.75, 3.05) is 13.2 Å². The Morgan fingerprint density at radius 3 is 2.76 bits per heavy atom. The van der Waals surface area contributed by atoms with E-state index in [1.807, 2.05) is 0 Å². The Morgan fingerprint density at radius 1 is 1.21 bits per heavy atom. The second-order valence-corrected chi connectivity index (χ2v) is 6.68. The van der Waals surface area contributed by atoms with E-state index in [1.165, 1.54) is 12.1 Å². The normalized spacial score (nSPS) is 13.5. The number of esters is 1. The van der Waals surface area contributed by atoms with E-state index in [9.17, 15) is 18.0 Å². The van der Waals surface area contributed by atoms with Crippen molar-refractivity contribution in [2.24, 2.45) is 0 Å². The molecule has 0 aliphatic carbocycles. The minimum atomic E-state index is -4.71. The van der Waals surface area contributed by atoms with Crippen LogP contribution in [0.1, 0.15) is 11.4 Å². The predicted octanol–water partition coefficient (Wildman–Crippen LogP) is 4.22. The van der Waals surface area contributed by atoms with E-state index >= 15 is 0 Å². The summed E-state index contributed by atoms with van der Waals surface area (Å²) in [5.41, 5.74) is 0.865. The highest BCUT2D eigenvalue weighted by Crippen LogP contribution is 2.38. The number of fused-ring (bicyclic) bond motifs is 2. The summed E-state index contributed by atoms with van der Waals surface area (Å²) in [5, 5.41) is 0.299. The number of carbonyl (C=O) groups excluding carboxylic acids is 1. The fourth-order valence-corrected chi connectivity index (χ4v) is 3.33. The average Bonchev–Trinajstić information content (AvgIpc) is 3.05. The molecule has 0 fully saturated rings. The van der Waals surface area contributed by atoms with Crippen molar-refractivity contribution in [3.05, 3.63) is 52.8 Å². The van der Waals surface area contributed by atoms with E-state index in [-0.39, 0.29) is 17.6 Å². The Bertz CT molecular complexity index is 1080. The van der Waals surface area contributed by atoms with Gasteiger partial charge in [-0.3, -0.25) is 4.79 Å². The van der Waals surface area contributed by atoms with Crippen LogP contribution >= 0.6 is 11.6 Å². The molecule has 152 valence electrons. The third-order valence-corrected chi connectivity index (χ3v) is 4.53. The number of para-hydroxylation sites is 2.